The first-order valence-corrected chi connectivity index (χ1v) is 5.85. The summed E-state index contributed by atoms with van der Waals surface area (Å²) in [6.45, 7) is 0.550. The van der Waals surface area contributed by atoms with Crippen molar-refractivity contribution in [2.75, 3.05) is 7.11 Å². The maximum atomic E-state index is 10.9. The SMILES string of the molecule is COCc1ccc(-c2scnc2C(=O)O)cc1. The van der Waals surface area contributed by atoms with Gasteiger partial charge >= 0.3 is 5.97 Å². The Labute approximate surface area is 103 Å². The van der Waals surface area contributed by atoms with Crippen LogP contribution in [0.2, 0.25) is 0 Å². The molecule has 0 aliphatic carbocycles. The number of carbonyl (C=O) groups is 1. The summed E-state index contributed by atoms with van der Waals surface area (Å²) in [6.07, 6.45) is 0. The minimum Gasteiger partial charge on any atom is -0.476 e. The van der Waals surface area contributed by atoms with Crippen LogP contribution in [0.3, 0.4) is 0 Å². The Morgan fingerprint density at radius 1 is 1.41 bits per heavy atom. The summed E-state index contributed by atoms with van der Waals surface area (Å²) in [5, 5.41) is 8.98. The Morgan fingerprint density at radius 2 is 2.12 bits per heavy atom. The molecule has 2 rings (SSSR count). The van der Waals surface area contributed by atoms with Crippen molar-refractivity contribution in [3.63, 3.8) is 0 Å². The molecule has 0 aliphatic heterocycles. The van der Waals surface area contributed by atoms with E-state index in [9.17, 15) is 4.79 Å². The van der Waals surface area contributed by atoms with Crippen LogP contribution >= 0.6 is 11.3 Å². The molecule has 4 nitrogen and oxygen atoms in total. The van der Waals surface area contributed by atoms with Gasteiger partial charge in [0.25, 0.3) is 0 Å². The number of methoxy groups -OCH3 is 1. The second kappa shape index (κ2) is 5.07. The Kier molecular flexibility index (Phi) is 3.51. The fraction of sp³-hybridized carbons (Fsp3) is 0.167. The van der Waals surface area contributed by atoms with Crippen molar-refractivity contribution in [2.45, 2.75) is 6.61 Å². The summed E-state index contributed by atoms with van der Waals surface area (Å²) in [4.78, 5) is 15.5. The van der Waals surface area contributed by atoms with E-state index in [-0.39, 0.29) is 5.69 Å². The Balaban J connectivity index is 2.33. The van der Waals surface area contributed by atoms with Gasteiger partial charge in [-0.25, -0.2) is 9.78 Å². The quantitative estimate of drug-likeness (QED) is 0.905. The van der Waals surface area contributed by atoms with Crippen molar-refractivity contribution >= 4 is 17.3 Å². The lowest BCUT2D eigenvalue weighted by Crippen LogP contribution is -1.98. The van der Waals surface area contributed by atoms with Gasteiger partial charge in [0.1, 0.15) is 0 Å². The molecular weight excluding hydrogens is 238 g/mol. The van der Waals surface area contributed by atoms with Crippen LogP contribution in [0.5, 0.6) is 0 Å². The third-order valence-corrected chi connectivity index (χ3v) is 3.17. The maximum Gasteiger partial charge on any atom is 0.356 e. The summed E-state index contributed by atoms with van der Waals surface area (Å²) < 4.78 is 5.02. The zero-order chi connectivity index (χ0) is 12.3. The van der Waals surface area contributed by atoms with Gasteiger partial charge in [-0.3, -0.25) is 0 Å². The van der Waals surface area contributed by atoms with E-state index in [0.29, 0.717) is 11.5 Å². The largest absolute Gasteiger partial charge is 0.476 e. The number of benzene rings is 1. The summed E-state index contributed by atoms with van der Waals surface area (Å²) in [6, 6.07) is 7.61. The zero-order valence-corrected chi connectivity index (χ0v) is 10.0. The minimum absolute atomic E-state index is 0.106. The number of aromatic carboxylic acids is 1. The predicted octanol–water partition coefficient (Wildman–Crippen LogP) is 2.65. The molecule has 1 aromatic carbocycles. The van der Waals surface area contributed by atoms with Crippen LogP contribution in [0.15, 0.2) is 29.8 Å². The minimum atomic E-state index is -0.998. The topological polar surface area (TPSA) is 59.4 Å². The third-order valence-electron chi connectivity index (χ3n) is 2.30. The van der Waals surface area contributed by atoms with Crippen molar-refractivity contribution in [3.05, 3.63) is 41.0 Å². The van der Waals surface area contributed by atoms with Crippen LogP contribution in [0.25, 0.3) is 10.4 Å². The molecule has 0 unspecified atom stereocenters. The van der Waals surface area contributed by atoms with E-state index in [1.165, 1.54) is 11.3 Å². The summed E-state index contributed by atoms with van der Waals surface area (Å²) in [7, 11) is 1.64. The average molecular weight is 249 g/mol. The van der Waals surface area contributed by atoms with E-state index < -0.39 is 5.97 Å². The molecule has 2 aromatic rings. The van der Waals surface area contributed by atoms with Crippen molar-refractivity contribution in [1.82, 2.24) is 4.98 Å². The lowest BCUT2D eigenvalue weighted by Gasteiger charge is -2.02. The molecule has 0 bridgehead atoms. The second-order valence-electron chi connectivity index (χ2n) is 3.47. The monoisotopic (exact) mass is 249 g/mol. The summed E-state index contributed by atoms with van der Waals surface area (Å²) in [5.41, 5.74) is 3.57. The van der Waals surface area contributed by atoms with E-state index in [2.05, 4.69) is 4.98 Å². The van der Waals surface area contributed by atoms with Crippen molar-refractivity contribution in [3.8, 4) is 10.4 Å². The predicted molar refractivity (Wildman–Crippen MR) is 65.2 cm³/mol. The second-order valence-corrected chi connectivity index (χ2v) is 4.32. The normalized spacial score (nSPS) is 10.4. The molecule has 1 aromatic heterocycles. The molecule has 1 N–H and O–H groups in total. The number of hydrogen-bond acceptors (Lipinski definition) is 4. The highest BCUT2D eigenvalue weighted by atomic mass is 32.1. The molecule has 0 atom stereocenters. The Morgan fingerprint density at radius 3 is 2.71 bits per heavy atom. The molecule has 5 heteroatoms. The number of aromatic nitrogens is 1. The van der Waals surface area contributed by atoms with Gasteiger partial charge in [0.2, 0.25) is 0 Å². The molecule has 0 saturated carbocycles. The smallest absolute Gasteiger partial charge is 0.356 e. The van der Waals surface area contributed by atoms with Gasteiger partial charge in [-0.15, -0.1) is 11.3 Å². The van der Waals surface area contributed by atoms with Crippen molar-refractivity contribution in [2.24, 2.45) is 0 Å². The fourth-order valence-electron chi connectivity index (χ4n) is 1.52. The van der Waals surface area contributed by atoms with E-state index in [1.54, 1.807) is 12.6 Å². The van der Waals surface area contributed by atoms with Crippen LogP contribution in [0, 0.1) is 0 Å². The first kappa shape index (κ1) is 11.8. The molecule has 0 saturated heterocycles. The van der Waals surface area contributed by atoms with Crippen LogP contribution in [-0.2, 0) is 11.3 Å². The maximum absolute atomic E-state index is 10.9. The molecule has 0 spiro atoms. The van der Waals surface area contributed by atoms with Gasteiger partial charge in [-0.2, -0.15) is 0 Å². The number of thiazole rings is 1. The Hall–Kier alpha value is -1.72. The molecule has 88 valence electrons. The number of carboxylic acids is 1. The van der Waals surface area contributed by atoms with E-state index >= 15 is 0 Å². The molecule has 0 radical (unpaired) electrons. The van der Waals surface area contributed by atoms with Gasteiger partial charge < -0.3 is 9.84 Å². The highest BCUT2D eigenvalue weighted by molar-refractivity contribution is 7.13. The van der Waals surface area contributed by atoms with Crippen LogP contribution in [0.1, 0.15) is 16.1 Å². The summed E-state index contributed by atoms with van der Waals surface area (Å²) in [5.74, 6) is -0.998. The number of nitrogens with zero attached hydrogens (tertiary/aromatic N) is 1. The highest BCUT2D eigenvalue weighted by Gasteiger charge is 2.14. The summed E-state index contributed by atoms with van der Waals surface area (Å²) >= 11 is 1.33. The van der Waals surface area contributed by atoms with Gasteiger partial charge in [-0.05, 0) is 11.1 Å². The van der Waals surface area contributed by atoms with Gasteiger partial charge in [0.15, 0.2) is 5.69 Å². The Bertz CT molecular complexity index is 519. The molecule has 0 amide bonds. The number of carboxylic acid groups (broad SMARTS) is 1. The first-order chi connectivity index (χ1) is 8.22. The van der Waals surface area contributed by atoms with E-state index in [4.69, 9.17) is 9.84 Å². The standard InChI is InChI=1S/C12H11NO3S/c1-16-6-8-2-4-9(5-3-8)11-10(12(14)15)13-7-17-11/h2-5,7H,6H2,1H3,(H,14,15). The van der Waals surface area contributed by atoms with E-state index in [0.717, 1.165) is 11.1 Å². The van der Waals surface area contributed by atoms with Crippen molar-refractivity contribution in [1.29, 1.82) is 0 Å². The van der Waals surface area contributed by atoms with Gasteiger partial charge in [0, 0.05) is 7.11 Å². The zero-order valence-electron chi connectivity index (χ0n) is 9.21. The van der Waals surface area contributed by atoms with Gasteiger partial charge in [-0.1, -0.05) is 24.3 Å². The molecule has 0 aliphatic rings. The van der Waals surface area contributed by atoms with Crippen molar-refractivity contribution < 1.29 is 14.6 Å². The molecule has 17 heavy (non-hydrogen) atoms. The lowest BCUT2D eigenvalue weighted by atomic mass is 10.1. The number of rotatable bonds is 4. The fourth-order valence-corrected chi connectivity index (χ4v) is 2.31. The van der Waals surface area contributed by atoms with Gasteiger partial charge in [0.05, 0.1) is 17.0 Å². The van der Waals surface area contributed by atoms with Crippen LogP contribution in [0.4, 0.5) is 0 Å². The molecular formula is C12H11NO3S. The number of hydrogen-bond donors (Lipinski definition) is 1. The van der Waals surface area contributed by atoms with E-state index in [1.807, 2.05) is 24.3 Å². The molecule has 1 heterocycles. The first-order valence-electron chi connectivity index (χ1n) is 4.97. The lowest BCUT2D eigenvalue weighted by molar-refractivity contribution is 0.0692. The highest BCUT2D eigenvalue weighted by Crippen LogP contribution is 2.27. The average Bonchev–Trinajstić information content (AvgIpc) is 2.79. The third kappa shape index (κ3) is 2.51. The van der Waals surface area contributed by atoms with Crippen LogP contribution in [-0.4, -0.2) is 23.2 Å². The molecule has 0 fully saturated rings. The number of ether oxygens (including phenoxy) is 1. The van der Waals surface area contributed by atoms with Crippen LogP contribution < -0.4 is 0 Å².